The maximum Gasteiger partial charge on any atom is 0.0484 e. The van der Waals surface area contributed by atoms with E-state index in [2.05, 4.69) is 33.4 Å². The third-order valence-corrected chi connectivity index (χ3v) is 3.28. The maximum atomic E-state index is 5.88. The molecule has 0 aliphatic rings. The summed E-state index contributed by atoms with van der Waals surface area (Å²) in [5.74, 6) is 0. The van der Waals surface area contributed by atoms with Crippen LogP contribution < -0.4 is 5.73 Å². The van der Waals surface area contributed by atoms with Gasteiger partial charge >= 0.3 is 0 Å². The zero-order valence-corrected chi connectivity index (χ0v) is 8.92. The Morgan fingerprint density at radius 2 is 1.25 bits per heavy atom. The van der Waals surface area contributed by atoms with Crippen molar-refractivity contribution in [1.29, 1.82) is 0 Å². The van der Waals surface area contributed by atoms with Crippen molar-refractivity contribution in [2.45, 2.75) is 32.6 Å². The Morgan fingerprint density at radius 1 is 0.833 bits per heavy atom. The molecular weight excluding hydrogens is 166 g/mol. The van der Waals surface area contributed by atoms with E-state index in [1.165, 1.54) is 16.7 Å². The number of hydrogen-bond acceptors (Lipinski definition) is 2. The molecule has 12 heavy (non-hydrogen) atoms. The van der Waals surface area contributed by atoms with Crippen LogP contribution in [0.15, 0.2) is 4.90 Å². The molecule has 0 saturated heterocycles. The summed E-state index contributed by atoms with van der Waals surface area (Å²) in [4.78, 5) is 0.926. The SMILES string of the molecule is Cc1c(C)c(C)c(S)c(N)c1C. The molecule has 0 bridgehead atoms. The summed E-state index contributed by atoms with van der Waals surface area (Å²) in [7, 11) is 0. The van der Waals surface area contributed by atoms with Crippen molar-refractivity contribution < 1.29 is 0 Å². The van der Waals surface area contributed by atoms with Crippen LogP contribution in [0.5, 0.6) is 0 Å². The topological polar surface area (TPSA) is 26.0 Å². The largest absolute Gasteiger partial charge is 0.398 e. The Hall–Kier alpha value is -0.630. The van der Waals surface area contributed by atoms with Crippen molar-refractivity contribution in [2.75, 3.05) is 5.73 Å². The zero-order chi connectivity index (χ0) is 9.46. The van der Waals surface area contributed by atoms with E-state index in [-0.39, 0.29) is 0 Å². The van der Waals surface area contributed by atoms with E-state index < -0.39 is 0 Å². The molecular formula is C10H15NS. The smallest absolute Gasteiger partial charge is 0.0484 e. The van der Waals surface area contributed by atoms with E-state index in [1.54, 1.807) is 0 Å². The molecule has 0 unspecified atom stereocenters. The number of rotatable bonds is 0. The van der Waals surface area contributed by atoms with Crippen molar-refractivity contribution in [2.24, 2.45) is 0 Å². The van der Waals surface area contributed by atoms with Gasteiger partial charge in [0.2, 0.25) is 0 Å². The molecule has 0 fully saturated rings. The Labute approximate surface area is 79.4 Å². The summed E-state index contributed by atoms with van der Waals surface area (Å²) in [5.41, 5.74) is 11.6. The van der Waals surface area contributed by atoms with Crippen LogP contribution in [-0.2, 0) is 0 Å². The van der Waals surface area contributed by atoms with Gasteiger partial charge in [-0.2, -0.15) is 0 Å². The first-order valence-electron chi connectivity index (χ1n) is 4.01. The molecule has 1 aromatic carbocycles. The second-order valence-corrected chi connectivity index (χ2v) is 3.71. The summed E-state index contributed by atoms with van der Waals surface area (Å²) < 4.78 is 0. The van der Waals surface area contributed by atoms with Crippen molar-refractivity contribution in [3.63, 3.8) is 0 Å². The monoisotopic (exact) mass is 181 g/mol. The van der Waals surface area contributed by atoms with Crippen LogP contribution in [-0.4, -0.2) is 0 Å². The lowest BCUT2D eigenvalue weighted by atomic mass is 9.98. The third kappa shape index (κ3) is 1.20. The predicted molar refractivity (Wildman–Crippen MR) is 57.1 cm³/mol. The second kappa shape index (κ2) is 3.02. The van der Waals surface area contributed by atoms with Gasteiger partial charge in [0, 0.05) is 10.6 Å². The number of benzene rings is 1. The molecule has 0 amide bonds. The van der Waals surface area contributed by atoms with Gasteiger partial charge in [-0.3, -0.25) is 0 Å². The summed E-state index contributed by atoms with van der Waals surface area (Å²) >= 11 is 4.37. The van der Waals surface area contributed by atoms with Crippen molar-refractivity contribution >= 4 is 18.3 Å². The van der Waals surface area contributed by atoms with Gasteiger partial charge in [0.15, 0.2) is 0 Å². The van der Waals surface area contributed by atoms with Crippen LogP contribution in [0, 0.1) is 27.7 Å². The average Bonchev–Trinajstić information content (AvgIpc) is 2.08. The standard InChI is InChI=1S/C10H15NS/c1-5-6(2)8(4)10(12)9(11)7(5)3/h12H,11H2,1-4H3. The van der Waals surface area contributed by atoms with Gasteiger partial charge < -0.3 is 5.73 Å². The highest BCUT2D eigenvalue weighted by Crippen LogP contribution is 2.30. The number of hydrogen-bond donors (Lipinski definition) is 2. The molecule has 0 aromatic heterocycles. The van der Waals surface area contributed by atoms with Crippen molar-refractivity contribution in [1.82, 2.24) is 0 Å². The van der Waals surface area contributed by atoms with Gasteiger partial charge in [0.05, 0.1) is 0 Å². The number of nitrogens with two attached hydrogens (primary N) is 1. The van der Waals surface area contributed by atoms with E-state index >= 15 is 0 Å². The first kappa shape index (κ1) is 9.46. The van der Waals surface area contributed by atoms with Crippen LogP contribution in [0.4, 0.5) is 5.69 Å². The highest BCUT2D eigenvalue weighted by molar-refractivity contribution is 7.80. The fraction of sp³-hybridized carbons (Fsp3) is 0.400. The van der Waals surface area contributed by atoms with Crippen LogP contribution in [0.25, 0.3) is 0 Å². The molecule has 66 valence electrons. The highest BCUT2D eigenvalue weighted by atomic mass is 32.1. The minimum atomic E-state index is 0.818. The minimum Gasteiger partial charge on any atom is -0.398 e. The average molecular weight is 181 g/mol. The third-order valence-electron chi connectivity index (χ3n) is 2.70. The molecule has 0 atom stereocenters. The number of anilines is 1. The minimum absolute atomic E-state index is 0.818. The van der Waals surface area contributed by atoms with Crippen LogP contribution in [0.3, 0.4) is 0 Å². The number of thiol groups is 1. The fourth-order valence-corrected chi connectivity index (χ4v) is 1.66. The lowest BCUT2D eigenvalue weighted by Gasteiger charge is -2.14. The van der Waals surface area contributed by atoms with Crippen LogP contribution in [0.2, 0.25) is 0 Å². The summed E-state index contributed by atoms with van der Waals surface area (Å²) in [6.07, 6.45) is 0. The summed E-state index contributed by atoms with van der Waals surface area (Å²) in [5, 5.41) is 0. The number of nitrogen functional groups attached to an aromatic ring is 1. The van der Waals surface area contributed by atoms with Gasteiger partial charge in [-0.25, -0.2) is 0 Å². The molecule has 0 aliphatic carbocycles. The lowest BCUT2D eigenvalue weighted by Crippen LogP contribution is -1.99. The molecule has 2 heteroatoms. The summed E-state index contributed by atoms with van der Waals surface area (Å²) in [6, 6.07) is 0. The fourth-order valence-electron chi connectivity index (χ4n) is 1.32. The van der Waals surface area contributed by atoms with E-state index in [9.17, 15) is 0 Å². The van der Waals surface area contributed by atoms with E-state index in [0.717, 1.165) is 16.1 Å². The molecule has 1 rings (SSSR count). The zero-order valence-electron chi connectivity index (χ0n) is 8.02. The van der Waals surface area contributed by atoms with Crippen molar-refractivity contribution in [3.8, 4) is 0 Å². The van der Waals surface area contributed by atoms with E-state index in [4.69, 9.17) is 5.73 Å². The van der Waals surface area contributed by atoms with Crippen LogP contribution >= 0.6 is 12.6 Å². The normalized spacial score (nSPS) is 10.4. The molecule has 0 radical (unpaired) electrons. The molecule has 0 heterocycles. The second-order valence-electron chi connectivity index (χ2n) is 3.26. The van der Waals surface area contributed by atoms with E-state index in [1.807, 2.05) is 6.92 Å². The maximum absolute atomic E-state index is 5.88. The Balaban J connectivity index is 3.60. The molecule has 0 saturated carbocycles. The van der Waals surface area contributed by atoms with Gasteiger partial charge in [0.25, 0.3) is 0 Å². The predicted octanol–water partition coefficient (Wildman–Crippen LogP) is 2.79. The Kier molecular flexibility index (Phi) is 2.38. The molecule has 2 N–H and O–H groups in total. The van der Waals surface area contributed by atoms with Crippen LogP contribution in [0.1, 0.15) is 22.3 Å². The Morgan fingerprint density at radius 3 is 1.75 bits per heavy atom. The van der Waals surface area contributed by atoms with E-state index in [0.29, 0.717) is 0 Å². The quantitative estimate of drug-likeness (QED) is 0.467. The molecule has 1 aromatic rings. The first-order valence-corrected chi connectivity index (χ1v) is 4.46. The Bertz CT molecular complexity index is 224. The van der Waals surface area contributed by atoms with Gasteiger partial charge in [0.1, 0.15) is 0 Å². The first-order chi connectivity index (χ1) is 5.46. The van der Waals surface area contributed by atoms with Gasteiger partial charge in [-0.1, -0.05) is 0 Å². The van der Waals surface area contributed by atoms with Gasteiger partial charge in [-0.05, 0) is 49.9 Å². The molecule has 0 aliphatic heterocycles. The lowest BCUT2D eigenvalue weighted by molar-refractivity contribution is 1.16. The summed E-state index contributed by atoms with van der Waals surface area (Å²) in [6.45, 7) is 8.30. The highest BCUT2D eigenvalue weighted by Gasteiger charge is 2.09. The van der Waals surface area contributed by atoms with Crippen molar-refractivity contribution in [3.05, 3.63) is 22.3 Å². The van der Waals surface area contributed by atoms with Gasteiger partial charge in [-0.15, -0.1) is 12.6 Å². The molecule has 1 nitrogen and oxygen atoms in total. The molecule has 0 spiro atoms.